The van der Waals surface area contributed by atoms with Crippen LogP contribution in [0.4, 0.5) is 5.82 Å². The molecule has 3 heteroatoms. The summed E-state index contributed by atoms with van der Waals surface area (Å²) in [7, 11) is 1.77. The van der Waals surface area contributed by atoms with Crippen molar-refractivity contribution in [3.8, 4) is 0 Å². The second kappa shape index (κ2) is 5.45. The molecule has 0 unspecified atom stereocenters. The van der Waals surface area contributed by atoms with Crippen molar-refractivity contribution in [3.63, 3.8) is 0 Å². The van der Waals surface area contributed by atoms with Crippen LogP contribution in [-0.4, -0.2) is 17.8 Å². The van der Waals surface area contributed by atoms with Gasteiger partial charge in [0.2, 0.25) is 0 Å². The molecule has 0 fully saturated rings. The lowest BCUT2D eigenvalue weighted by molar-refractivity contribution is 0.0993. The van der Waals surface area contributed by atoms with Crippen molar-refractivity contribution in [2.45, 2.75) is 13.3 Å². The number of hydrogen-bond acceptors (Lipinski definition) is 3. The number of nitrogens with zero attached hydrogens (tertiary/aromatic N) is 1. The van der Waals surface area contributed by atoms with E-state index in [0.29, 0.717) is 17.8 Å². The van der Waals surface area contributed by atoms with Crippen molar-refractivity contribution in [1.82, 2.24) is 4.98 Å². The number of hydrogen-bond donors (Lipinski definition) is 1. The number of rotatable bonds is 4. The predicted octanol–water partition coefficient (Wildman–Crippen LogP) is 2.86. The average Bonchev–Trinajstić information content (AvgIpc) is 2.41. The highest BCUT2D eigenvalue weighted by Crippen LogP contribution is 2.14. The molecule has 1 aromatic carbocycles. The van der Waals surface area contributed by atoms with E-state index in [0.717, 1.165) is 5.56 Å². The van der Waals surface area contributed by atoms with Crippen molar-refractivity contribution in [2.24, 2.45) is 0 Å². The average molecular weight is 240 g/mol. The zero-order chi connectivity index (χ0) is 13.0. The SMILES string of the molecule is CNc1ncccc1C(=O)Cc1ccc(C)cc1. The molecule has 0 spiro atoms. The number of anilines is 1. The van der Waals surface area contributed by atoms with Gasteiger partial charge in [-0.1, -0.05) is 29.8 Å². The molecule has 0 saturated heterocycles. The number of benzene rings is 1. The first-order valence-corrected chi connectivity index (χ1v) is 5.92. The molecule has 18 heavy (non-hydrogen) atoms. The normalized spacial score (nSPS) is 10.1. The van der Waals surface area contributed by atoms with E-state index in [1.165, 1.54) is 5.56 Å². The van der Waals surface area contributed by atoms with Crippen molar-refractivity contribution in [2.75, 3.05) is 12.4 Å². The Bertz CT molecular complexity index is 547. The zero-order valence-corrected chi connectivity index (χ0v) is 10.6. The number of aromatic nitrogens is 1. The molecule has 0 bridgehead atoms. The van der Waals surface area contributed by atoms with Gasteiger partial charge in [-0.05, 0) is 24.6 Å². The van der Waals surface area contributed by atoms with E-state index in [1.807, 2.05) is 31.2 Å². The topological polar surface area (TPSA) is 42.0 Å². The lowest BCUT2D eigenvalue weighted by atomic mass is 10.0. The fourth-order valence-corrected chi connectivity index (χ4v) is 1.82. The van der Waals surface area contributed by atoms with Crippen LogP contribution in [0.25, 0.3) is 0 Å². The first-order valence-electron chi connectivity index (χ1n) is 5.92. The maximum atomic E-state index is 12.2. The Hall–Kier alpha value is -2.16. The maximum Gasteiger partial charge on any atom is 0.170 e. The van der Waals surface area contributed by atoms with E-state index in [2.05, 4.69) is 10.3 Å². The Morgan fingerprint density at radius 3 is 2.61 bits per heavy atom. The zero-order valence-electron chi connectivity index (χ0n) is 10.6. The van der Waals surface area contributed by atoms with Gasteiger partial charge in [0.25, 0.3) is 0 Å². The van der Waals surface area contributed by atoms with Crippen LogP contribution >= 0.6 is 0 Å². The van der Waals surface area contributed by atoms with Gasteiger partial charge in [0.05, 0.1) is 5.56 Å². The monoisotopic (exact) mass is 240 g/mol. The Labute approximate surface area is 107 Å². The first-order chi connectivity index (χ1) is 8.70. The maximum absolute atomic E-state index is 12.2. The van der Waals surface area contributed by atoms with Crippen molar-refractivity contribution in [1.29, 1.82) is 0 Å². The van der Waals surface area contributed by atoms with Gasteiger partial charge in [0, 0.05) is 19.7 Å². The number of pyridine rings is 1. The molecule has 0 atom stereocenters. The minimum absolute atomic E-state index is 0.0799. The summed E-state index contributed by atoms with van der Waals surface area (Å²) in [5.41, 5.74) is 2.86. The van der Waals surface area contributed by atoms with Gasteiger partial charge in [-0.15, -0.1) is 0 Å². The highest BCUT2D eigenvalue weighted by molar-refractivity contribution is 6.01. The summed E-state index contributed by atoms with van der Waals surface area (Å²) in [4.78, 5) is 16.3. The number of Topliss-reactive ketones (excluding diaryl/α,β-unsaturated/α-hetero) is 1. The standard InChI is InChI=1S/C15H16N2O/c1-11-5-7-12(8-6-11)10-14(18)13-4-3-9-17-15(13)16-2/h3-9H,10H2,1-2H3,(H,16,17). The number of nitrogens with one attached hydrogen (secondary N) is 1. The van der Waals surface area contributed by atoms with Gasteiger partial charge in [-0.2, -0.15) is 0 Å². The fraction of sp³-hybridized carbons (Fsp3) is 0.200. The number of carbonyl (C=O) groups excluding carboxylic acids is 1. The summed E-state index contributed by atoms with van der Waals surface area (Å²) in [6.07, 6.45) is 2.08. The van der Waals surface area contributed by atoms with Gasteiger partial charge < -0.3 is 5.32 Å². The van der Waals surface area contributed by atoms with Crippen LogP contribution in [0.2, 0.25) is 0 Å². The van der Waals surface area contributed by atoms with Gasteiger partial charge >= 0.3 is 0 Å². The van der Waals surface area contributed by atoms with E-state index < -0.39 is 0 Å². The quantitative estimate of drug-likeness (QED) is 0.835. The van der Waals surface area contributed by atoms with Gasteiger partial charge in [0.1, 0.15) is 5.82 Å². The van der Waals surface area contributed by atoms with E-state index in [4.69, 9.17) is 0 Å². The predicted molar refractivity (Wildman–Crippen MR) is 73.0 cm³/mol. The molecule has 0 radical (unpaired) electrons. The molecule has 3 nitrogen and oxygen atoms in total. The van der Waals surface area contributed by atoms with Crippen molar-refractivity contribution < 1.29 is 4.79 Å². The molecule has 1 N–H and O–H groups in total. The molecule has 92 valence electrons. The van der Waals surface area contributed by atoms with Crippen LogP contribution in [0.1, 0.15) is 21.5 Å². The number of aryl methyl sites for hydroxylation is 1. The largest absolute Gasteiger partial charge is 0.373 e. The van der Waals surface area contributed by atoms with Crippen LogP contribution in [0.5, 0.6) is 0 Å². The number of ketones is 1. The molecule has 1 heterocycles. The van der Waals surface area contributed by atoms with E-state index in [-0.39, 0.29) is 5.78 Å². The minimum Gasteiger partial charge on any atom is -0.373 e. The molecule has 2 aromatic rings. The minimum atomic E-state index is 0.0799. The van der Waals surface area contributed by atoms with Crippen LogP contribution in [0, 0.1) is 6.92 Å². The van der Waals surface area contributed by atoms with Crippen LogP contribution < -0.4 is 5.32 Å². The lowest BCUT2D eigenvalue weighted by Gasteiger charge is -2.06. The summed E-state index contributed by atoms with van der Waals surface area (Å²) in [6.45, 7) is 2.03. The van der Waals surface area contributed by atoms with Crippen LogP contribution in [0.15, 0.2) is 42.6 Å². The van der Waals surface area contributed by atoms with E-state index >= 15 is 0 Å². The molecular weight excluding hydrogens is 224 g/mol. The summed E-state index contributed by atoms with van der Waals surface area (Å²) < 4.78 is 0. The third-order valence-electron chi connectivity index (χ3n) is 2.83. The first kappa shape index (κ1) is 12.3. The van der Waals surface area contributed by atoms with Gasteiger partial charge in [-0.3, -0.25) is 4.79 Å². The van der Waals surface area contributed by atoms with E-state index in [9.17, 15) is 4.79 Å². The Balaban J connectivity index is 2.19. The summed E-state index contributed by atoms with van der Waals surface area (Å²) in [6, 6.07) is 11.6. The molecule has 0 aliphatic rings. The molecule has 0 saturated carbocycles. The molecule has 0 aliphatic heterocycles. The highest BCUT2D eigenvalue weighted by atomic mass is 16.1. The highest BCUT2D eigenvalue weighted by Gasteiger charge is 2.11. The third-order valence-corrected chi connectivity index (χ3v) is 2.83. The molecule has 0 aliphatic carbocycles. The molecule has 2 rings (SSSR count). The second-order valence-corrected chi connectivity index (χ2v) is 4.24. The fourth-order valence-electron chi connectivity index (χ4n) is 1.82. The molecular formula is C15H16N2O. The Kier molecular flexibility index (Phi) is 3.72. The summed E-state index contributed by atoms with van der Waals surface area (Å²) in [5.74, 6) is 0.714. The van der Waals surface area contributed by atoms with Crippen molar-refractivity contribution in [3.05, 3.63) is 59.3 Å². The number of carbonyl (C=O) groups is 1. The molecule has 1 aromatic heterocycles. The smallest absolute Gasteiger partial charge is 0.170 e. The van der Waals surface area contributed by atoms with Crippen LogP contribution in [-0.2, 0) is 6.42 Å². The van der Waals surface area contributed by atoms with E-state index in [1.54, 1.807) is 25.4 Å². The van der Waals surface area contributed by atoms with Gasteiger partial charge in [-0.25, -0.2) is 4.98 Å². The van der Waals surface area contributed by atoms with Crippen molar-refractivity contribution >= 4 is 11.6 Å². The summed E-state index contributed by atoms with van der Waals surface area (Å²) >= 11 is 0. The lowest BCUT2D eigenvalue weighted by Crippen LogP contribution is -2.08. The summed E-state index contributed by atoms with van der Waals surface area (Å²) in [5, 5.41) is 2.94. The Morgan fingerprint density at radius 1 is 1.22 bits per heavy atom. The second-order valence-electron chi connectivity index (χ2n) is 4.24. The van der Waals surface area contributed by atoms with Gasteiger partial charge in [0.15, 0.2) is 5.78 Å². The Morgan fingerprint density at radius 2 is 1.94 bits per heavy atom. The van der Waals surface area contributed by atoms with Crippen LogP contribution in [0.3, 0.4) is 0 Å². The third kappa shape index (κ3) is 2.74. The molecule has 0 amide bonds.